The monoisotopic (exact) mass is 437 g/mol. The van der Waals surface area contributed by atoms with E-state index < -0.39 is 12.5 Å². The summed E-state index contributed by atoms with van der Waals surface area (Å²) in [5.74, 6) is 1.21. The van der Waals surface area contributed by atoms with Gasteiger partial charge < -0.3 is 10.2 Å². The van der Waals surface area contributed by atoms with Crippen molar-refractivity contribution in [3.05, 3.63) is 11.8 Å². The number of likely N-dealkylation sites (tertiary alicyclic amines) is 2. The standard InChI is InChI=1S/C23H37F2N5O/c1-15(28-9-5-6-10-28)22(31)29-11-7-16(8-12-29)17-13-18(21(24)25)30-20(26-17)14-19(27-30)23(2,3)4/h14-18,21,26H,5-13H2,1-4H3/t15-,17-,18+/m0/s1. The van der Waals surface area contributed by atoms with Crippen molar-refractivity contribution in [3.8, 4) is 0 Å². The van der Waals surface area contributed by atoms with Gasteiger partial charge in [-0.25, -0.2) is 13.5 Å². The maximum atomic E-state index is 13.9. The number of anilines is 1. The molecule has 4 rings (SSSR count). The van der Waals surface area contributed by atoms with Gasteiger partial charge in [0.05, 0.1) is 11.7 Å². The molecule has 0 aliphatic carbocycles. The Kier molecular flexibility index (Phi) is 6.30. The Morgan fingerprint density at radius 1 is 1.16 bits per heavy atom. The SMILES string of the molecule is C[C@@H](C(=O)N1CCC([C@@H]2C[C@H](C(F)F)n3nc(C(C)(C)C)cc3N2)CC1)N1CCCC1. The van der Waals surface area contributed by atoms with Crippen molar-refractivity contribution in [2.75, 3.05) is 31.5 Å². The second kappa shape index (κ2) is 8.68. The van der Waals surface area contributed by atoms with Crippen molar-refractivity contribution in [1.82, 2.24) is 19.6 Å². The van der Waals surface area contributed by atoms with Crippen molar-refractivity contribution < 1.29 is 13.6 Å². The lowest BCUT2D eigenvalue weighted by Crippen LogP contribution is -2.51. The average molecular weight is 438 g/mol. The Morgan fingerprint density at radius 3 is 2.39 bits per heavy atom. The van der Waals surface area contributed by atoms with Gasteiger partial charge in [-0.1, -0.05) is 20.8 Å². The smallest absolute Gasteiger partial charge is 0.260 e. The Bertz CT molecular complexity index is 775. The Labute approximate surface area is 184 Å². The molecule has 3 atom stereocenters. The van der Waals surface area contributed by atoms with Crippen LogP contribution in [0.15, 0.2) is 6.07 Å². The highest BCUT2D eigenvalue weighted by Gasteiger charge is 2.39. The molecule has 31 heavy (non-hydrogen) atoms. The molecular formula is C23H37F2N5O. The van der Waals surface area contributed by atoms with Crippen LogP contribution in [0.2, 0.25) is 0 Å². The minimum Gasteiger partial charge on any atom is -0.367 e. The zero-order valence-electron chi connectivity index (χ0n) is 19.3. The van der Waals surface area contributed by atoms with Gasteiger partial charge >= 0.3 is 0 Å². The molecule has 3 aliphatic rings. The molecule has 1 N–H and O–H groups in total. The predicted molar refractivity (Wildman–Crippen MR) is 118 cm³/mol. The van der Waals surface area contributed by atoms with Crippen molar-refractivity contribution in [2.24, 2.45) is 5.92 Å². The summed E-state index contributed by atoms with van der Waals surface area (Å²) in [5, 5.41) is 8.02. The van der Waals surface area contributed by atoms with Gasteiger partial charge in [0.15, 0.2) is 0 Å². The molecule has 4 heterocycles. The fourth-order valence-electron chi connectivity index (χ4n) is 5.32. The van der Waals surface area contributed by atoms with E-state index in [-0.39, 0.29) is 29.3 Å². The third-order valence-electron chi connectivity index (χ3n) is 7.40. The first kappa shape index (κ1) is 22.5. The molecule has 2 fully saturated rings. The summed E-state index contributed by atoms with van der Waals surface area (Å²) < 4.78 is 29.3. The molecule has 0 aromatic carbocycles. The molecule has 0 saturated carbocycles. The molecule has 3 aliphatic heterocycles. The van der Waals surface area contributed by atoms with E-state index in [2.05, 4.69) is 15.3 Å². The number of hydrogen-bond donors (Lipinski definition) is 1. The van der Waals surface area contributed by atoms with Crippen LogP contribution in [-0.4, -0.2) is 70.2 Å². The lowest BCUT2D eigenvalue weighted by molar-refractivity contribution is -0.137. The number of fused-ring (bicyclic) bond motifs is 1. The fraction of sp³-hybridized carbons (Fsp3) is 0.826. The molecule has 0 radical (unpaired) electrons. The molecular weight excluding hydrogens is 400 g/mol. The number of amides is 1. The lowest BCUT2D eigenvalue weighted by atomic mass is 9.84. The number of carbonyl (C=O) groups is 1. The highest BCUT2D eigenvalue weighted by molar-refractivity contribution is 5.81. The van der Waals surface area contributed by atoms with E-state index >= 15 is 0 Å². The zero-order chi connectivity index (χ0) is 22.3. The molecule has 2 saturated heterocycles. The number of halogens is 2. The van der Waals surface area contributed by atoms with E-state index in [4.69, 9.17) is 0 Å². The van der Waals surface area contributed by atoms with E-state index in [0.717, 1.165) is 31.6 Å². The number of piperidine rings is 1. The van der Waals surface area contributed by atoms with Crippen LogP contribution in [-0.2, 0) is 10.2 Å². The van der Waals surface area contributed by atoms with Gasteiger partial charge in [-0.3, -0.25) is 9.69 Å². The van der Waals surface area contributed by atoms with Crippen LogP contribution in [0.4, 0.5) is 14.6 Å². The second-order valence-electron chi connectivity index (χ2n) is 10.6. The summed E-state index contributed by atoms with van der Waals surface area (Å²) in [7, 11) is 0. The molecule has 1 amide bonds. The number of aromatic nitrogens is 2. The average Bonchev–Trinajstić information content (AvgIpc) is 3.41. The third kappa shape index (κ3) is 4.59. The van der Waals surface area contributed by atoms with E-state index in [1.165, 1.54) is 17.5 Å². The van der Waals surface area contributed by atoms with Gasteiger partial charge in [-0.05, 0) is 58.0 Å². The highest BCUT2D eigenvalue weighted by Crippen LogP contribution is 2.38. The highest BCUT2D eigenvalue weighted by atomic mass is 19.3. The van der Waals surface area contributed by atoms with Gasteiger partial charge in [-0.2, -0.15) is 5.10 Å². The summed E-state index contributed by atoms with van der Waals surface area (Å²) >= 11 is 0. The summed E-state index contributed by atoms with van der Waals surface area (Å²) in [4.78, 5) is 17.2. The first-order valence-corrected chi connectivity index (χ1v) is 11.8. The van der Waals surface area contributed by atoms with E-state index in [1.807, 2.05) is 38.7 Å². The minimum absolute atomic E-state index is 0.00993. The summed E-state index contributed by atoms with van der Waals surface area (Å²) in [6.45, 7) is 11.6. The molecule has 0 unspecified atom stereocenters. The number of rotatable bonds is 4. The van der Waals surface area contributed by atoms with Gasteiger partial charge in [0.2, 0.25) is 5.91 Å². The summed E-state index contributed by atoms with van der Waals surface area (Å²) in [6, 6.07) is 0.967. The Balaban J connectivity index is 1.40. The van der Waals surface area contributed by atoms with Crippen molar-refractivity contribution in [1.29, 1.82) is 0 Å². The Hall–Kier alpha value is -1.70. The van der Waals surface area contributed by atoms with Crippen molar-refractivity contribution in [3.63, 3.8) is 0 Å². The predicted octanol–water partition coefficient (Wildman–Crippen LogP) is 3.89. The molecule has 1 aromatic rings. The maximum Gasteiger partial charge on any atom is 0.260 e. The number of alkyl halides is 2. The number of hydrogen-bond acceptors (Lipinski definition) is 4. The van der Waals surface area contributed by atoms with Gasteiger partial charge in [0, 0.05) is 30.6 Å². The van der Waals surface area contributed by atoms with Crippen LogP contribution in [0.3, 0.4) is 0 Å². The van der Waals surface area contributed by atoms with Crippen LogP contribution >= 0.6 is 0 Å². The van der Waals surface area contributed by atoms with E-state index in [1.54, 1.807) is 0 Å². The Morgan fingerprint density at radius 2 is 1.81 bits per heavy atom. The second-order valence-corrected chi connectivity index (χ2v) is 10.6. The number of carbonyl (C=O) groups excluding carboxylic acids is 1. The molecule has 6 nitrogen and oxygen atoms in total. The van der Waals surface area contributed by atoms with Crippen LogP contribution < -0.4 is 5.32 Å². The van der Waals surface area contributed by atoms with Gasteiger partial charge in [-0.15, -0.1) is 0 Å². The summed E-state index contributed by atoms with van der Waals surface area (Å²) in [6.07, 6.45) is 1.98. The molecule has 0 spiro atoms. The van der Waals surface area contributed by atoms with Gasteiger partial charge in [0.1, 0.15) is 11.9 Å². The number of nitrogens with one attached hydrogen (secondary N) is 1. The quantitative estimate of drug-likeness (QED) is 0.776. The topological polar surface area (TPSA) is 53.4 Å². The maximum absolute atomic E-state index is 13.9. The molecule has 1 aromatic heterocycles. The van der Waals surface area contributed by atoms with E-state index in [9.17, 15) is 13.6 Å². The van der Waals surface area contributed by atoms with Crippen molar-refractivity contribution >= 4 is 11.7 Å². The third-order valence-corrected chi connectivity index (χ3v) is 7.40. The van der Waals surface area contributed by atoms with Crippen LogP contribution in [0.1, 0.15) is 71.5 Å². The lowest BCUT2D eigenvalue weighted by Gasteiger charge is -2.41. The molecule has 174 valence electrons. The normalized spacial score (nSPS) is 26.7. The first-order valence-electron chi connectivity index (χ1n) is 11.8. The van der Waals surface area contributed by atoms with E-state index in [0.29, 0.717) is 25.3 Å². The van der Waals surface area contributed by atoms with Crippen LogP contribution in [0.5, 0.6) is 0 Å². The summed E-state index contributed by atoms with van der Waals surface area (Å²) in [5.41, 5.74) is 0.643. The van der Waals surface area contributed by atoms with Crippen LogP contribution in [0, 0.1) is 5.92 Å². The molecule has 0 bridgehead atoms. The van der Waals surface area contributed by atoms with Crippen LogP contribution in [0.25, 0.3) is 0 Å². The number of nitrogens with zero attached hydrogens (tertiary/aromatic N) is 4. The van der Waals surface area contributed by atoms with Crippen molar-refractivity contribution in [2.45, 2.75) is 89.8 Å². The first-order chi connectivity index (χ1) is 14.6. The fourth-order valence-corrected chi connectivity index (χ4v) is 5.32. The zero-order valence-corrected chi connectivity index (χ0v) is 19.3. The largest absolute Gasteiger partial charge is 0.367 e. The van der Waals surface area contributed by atoms with Gasteiger partial charge in [0.25, 0.3) is 6.43 Å². The molecule has 8 heteroatoms. The minimum atomic E-state index is -2.45.